The first-order valence-corrected chi connectivity index (χ1v) is 10.6. The third-order valence-corrected chi connectivity index (χ3v) is 5.77. The van der Waals surface area contributed by atoms with Crippen LogP contribution in [0.25, 0.3) is 0 Å². The van der Waals surface area contributed by atoms with E-state index in [0.717, 1.165) is 11.1 Å². The number of halogens is 1. The minimum absolute atomic E-state index is 0.146. The van der Waals surface area contributed by atoms with E-state index < -0.39 is 16.1 Å². The van der Waals surface area contributed by atoms with E-state index in [0.29, 0.717) is 18.0 Å². The van der Waals surface area contributed by atoms with Gasteiger partial charge in [-0.2, -0.15) is 4.72 Å². The molecule has 0 saturated carbocycles. The summed E-state index contributed by atoms with van der Waals surface area (Å²) in [6, 6.07) is 12.8. The maximum atomic E-state index is 12.6. The number of aryl methyl sites for hydroxylation is 1. The summed E-state index contributed by atoms with van der Waals surface area (Å²) in [6.45, 7) is 6.08. The maximum absolute atomic E-state index is 12.6. The van der Waals surface area contributed by atoms with E-state index >= 15 is 0 Å². The van der Waals surface area contributed by atoms with Crippen LogP contribution in [-0.4, -0.2) is 20.4 Å². The zero-order valence-corrected chi connectivity index (χ0v) is 17.3. The standard InChI is InChI=1S/C20H25ClN2O3S/c1-14(2)12-19(20(24)22-13-16-6-8-17(21)9-7-16)23-27(25,26)18-10-4-15(3)5-11-18/h4-11,14,19,23H,12-13H2,1-3H3,(H,22,24). The smallest absolute Gasteiger partial charge is 0.241 e. The van der Waals surface area contributed by atoms with Crippen molar-refractivity contribution in [2.75, 3.05) is 0 Å². The second-order valence-corrected chi connectivity index (χ2v) is 9.11. The Morgan fingerprint density at radius 2 is 1.63 bits per heavy atom. The topological polar surface area (TPSA) is 75.3 Å². The molecule has 0 bridgehead atoms. The normalized spacial score (nSPS) is 12.8. The third-order valence-electron chi connectivity index (χ3n) is 4.03. The summed E-state index contributed by atoms with van der Waals surface area (Å²) in [6.07, 6.45) is 0.400. The number of benzene rings is 2. The number of nitrogens with one attached hydrogen (secondary N) is 2. The van der Waals surface area contributed by atoms with E-state index in [1.54, 1.807) is 24.3 Å². The Balaban J connectivity index is 2.09. The SMILES string of the molecule is Cc1ccc(S(=O)(=O)NC(CC(C)C)C(=O)NCc2ccc(Cl)cc2)cc1. The molecule has 2 rings (SSSR count). The van der Waals surface area contributed by atoms with Gasteiger partial charge in [-0.3, -0.25) is 4.79 Å². The number of carbonyl (C=O) groups is 1. The Bertz CT molecular complexity index is 863. The van der Waals surface area contributed by atoms with Crippen molar-refractivity contribution in [3.05, 3.63) is 64.7 Å². The molecule has 0 radical (unpaired) electrons. The van der Waals surface area contributed by atoms with Gasteiger partial charge in [0, 0.05) is 11.6 Å². The zero-order chi connectivity index (χ0) is 20.0. The first-order valence-electron chi connectivity index (χ1n) is 8.78. The molecule has 2 aromatic carbocycles. The van der Waals surface area contributed by atoms with Gasteiger partial charge in [-0.25, -0.2) is 8.42 Å². The van der Waals surface area contributed by atoms with E-state index in [1.807, 2.05) is 32.9 Å². The molecule has 0 aliphatic carbocycles. The fourth-order valence-electron chi connectivity index (χ4n) is 2.57. The van der Waals surface area contributed by atoms with Gasteiger partial charge in [0.1, 0.15) is 6.04 Å². The lowest BCUT2D eigenvalue weighted by atomic mass is 10.0. The molecule has 1 atom stereocenters. The second kappa shape index (κ2) is 9.35. The monoisotopic (exact) mass is 408 g/mol. The first kappa shape index (κ1) is 21.4. The number of carbonyl (C=O) groups excluding carboxylic acids is 1. The lowest BCUT2D eigenvalue weighted by Crippen LogP contribution is -2.47. The number of sulfonamides is 1. The summed E-state index contributed by atoms with van der Waals surface area (Å²) in [7, 11) is -3.78. The van der Waals surface area contributed by atoms with Gasteiger partial charge >= 0.3 is 0 Å². The van der Waals surface area contributed by atoms with Gasteiger partial charge in [0.25, 0.3) is 0 Å². The van der Waals surface area contributed by atoms with Gasteiger partial charge < -0.3 is 5.32 Å². The highest BCUT2D eigenvalue weighted by atomic mass is 35.5. The van der Waals surface area contributed by atoms with Gasteiger partial charge in [0.15, 0.2) is 0 Å². The Kier molecular flexibility index (Phi) is 7.41. The van der Waals surface area contributed by atoms with Crippen LogP contribution in [0.4, 0.5) is 0 Å². The lowest BCUT2D eigenvalue weighted by molar-refractivity contribution is -0.123. The predicted octanol–water partition coefficient (Wildman–Crippen LogP) is 3.66. The molecule has 146 valence electrons. The second-order valence-electron chi connectivity index (χ2n) is 6.96. The largest absolute Gasteiger partial charge is 0.351 e. The van der Waals surface area contributed by atoms with Crippen LogP contribution in [0.5, 0.6) is 0 Å². The van der Waals surface area contributed by atoms with Crippen molar-refractivity contribution in [1.29, 1.82) is 0 Å². The number of hydrogen-bond acceptors (Lipinski definition) is 3. The van der Waals surface area contributed by atoms with Crippen molar-refractivity contribution >= 4 is 27.5 Å². The summed E-state index contributed by atoms with van der Waals surface area (Å²) in [5, 5.41) is 3.42. The van der Waals surface area contributed by atoms with E-state index in [-0.39, 0.29) is 16.7 Å². The molecule has 5 nitrogen and oxygen atoms in total. The maximum Gasteiger partial charge on any atom is 0.241 e. The Morgan fingerprint density at radius 1 is 1.04 bits per heavy atom. The van der Waals surface area contributed by atoms with Crippen LogP contribution < -0.4 is 10.0 Å². The molecule has 1 unspecified atom stereocenters. The highest BCUT2D eigenvalue weighted by Crippen LogP contribution is 2.14. The fraction of sp³-hybridized carbons (Fsp3) is 0.350. The van der Waals surface area contributed by atoms with E-state index in [4.69, 9.17) is 11.6 Å². The number of amides is 1. The predicted molar refractivity (Wildman–Crippen MR) is 108 cm³/mol. The van der Waals surface area contributed by atoms with Crippen LogP contribution in [0, 0.1) is 12.8 Å². The summed E-state index contributed by atoms with van der Waals surface area (Å²) in [5.74, 6) is -0.202. The van der Waals surface area contributed by atoms with E-state index in [9.17, 15) is 13.2 Å². The molecule has 0 heterocycles. The summed E-state index contributed by atoms with van der Waals surface area (Å²) in [4.78, 5) is 12.8. The Morgan fingerprint density at radius 3 is 2.19 bits per heavy atom. The molecule has 2 N–H and O–H groups in total. The summed E-state index contributed by atoms with van der Waals surface area (Å²) in [5.41, 5.74) is 1.85. The van der Waals surface area contributed by atoms with Gasteiger partial charge in [0.2, 0.25) is 15.9 Å². The molecular formula is C20H25ClN2O3S. The molecule has 0 aliphatic heterocycles. The van der Waals surface area contributed by atoms with Gasteiger partial charge in [-0.15, -0.1) is 0 Å². The van der Waals surface area contributed by atoms with Crippen molar-refractivity contribution in [1.82, 2.24) is 10.0 Å². The number of hydrogen-bond donors (Lipinski definition) is 2. The molecule has 0 aromatic heterocycles. The average Bonchev–Trinajstić information content (AvgIpc) is 2.60. The highest BCUT2D eigenvalue weighted by molar-refractivity contribution is 7.89. The van der Waals surface area contributed by atoms with Gasteiger partial charge in [-0.05, 0) is 49.1 Å². The zero-order valence-electron chi connectivity index (χ0n) is 15.7. The van der Waals surface area contributed by atoms with Crippen LogP contribution >= 0.6 is 11.6 Å². The average molecular weight is 409 g/mol. The van der Waals surface area contributed by atoms with E-state index in [2.05, 4.69) is 10.0 Å². The molecule has 0 spiro atoms. The highest BCUT2D eigenvalue weighted by Gasteiger charge is 2.26. The van der Waals surface area contributed by atoms with Crippen LogP contribution in [0.1, 0.15) is 31.4 Å². The summed E-state index contributed by atoms with van der Waals surface area (Å²) < 4.78 is 27.8. The molecular weight excluding hydrogens is 384 g/mol. The van der Waals surface area contributed by atoms with Crippen molar-refractivity contribution in [3.63, 3.8) is 0 Å². The van der Waals surface area contributed by atoms with Crippen molar-refractivity contribution in [2.45, 2.75) is 44.7 Å². The van der Waals surface area contributed by atoms with Crippen molar-refractivity contribution in [2.24, 2.45) is 5.92 Å². The Labute approximate surface area is 166 Å². The molecule has 7 heteroatoms. The van der Waals surface area contributed by atoms with Gasteiger partial charge in [0.05, 0.1) is 4.90 Å². The van der Waals surface area contributed by atoms with E-state index in [1.165, 1.54) is 12.1 Å². The van der Waals surface area contributed by atoms with Crippen LogP contribution in [0.15, 0.2) is 53.4 Å². The fourth-order valence-corrected chi connectivity index (χ4v) is 3.90. The van der Waals surface area contributed by atoms with Crippen LogP contribution in [0.2, 0.25) is 5.02 Å². The molecule has 2 aromatic rings. The minimum Gasteiger partial charge on any atom is -0.351 e. The lowest BCUT2D eigenvalue weighted by Gasteiger charge is -2.20. The summed E-state index contributed by atoms with van der Waals surface area (Å²) >= 11 is 5.86. The van der Waals surface area contributed by atoms with Crippen LogP contribution in [0.3, 0.4) is 0 Å². The third kappa shape index (κ3) is 6.65. The van der Waals surface area contributed by atoms with Crippen molar-refractivity contribution in [3.8, 4) is 0 Å². The minimum atomic E-state index is -3.78. The molecule has 0 aliphatic rings. The molecule has 0 fully saturated rings. The van der Waals surface area contributed by atoms with Crippen LogP contribution in [-0.2, 0) is 21.4 Å². The molecule has 1 amide bonds. The quantitative estimate of drug-likeness (QED) is 0.699. The van der Waals surface area contributed by atoms with Gasteiger partial charge in [-0.1, -0.05) is 55.3 Å². The first-order chi connectivity index (χ1) is 12.7. The Hall–Kier alpha value is -1.89. The molecule has 27 heavy (non-hydrogen) atoms. The number of rotatable bonds is 8. The molecule has 0 saturated heterocycles. The van der Waals surface area contributed by atoms with Crippen molar-refractivity contribution < 1.29 is 13.2 Å².